The summed E-state index contributed by atoms with van der Waals surface area (Å²) in [6.45, 7) is 5.44. The molecule has 1 aromatic carbocycles. The van der Waals surface area contributed by atoms with Crippen LogP contribution >= 0.6 is 0 Å². The van der Waals surface area contributed by atoms with Crippen LogP contribution in [0.15, 0.2) is 45.9 Å². The third-order valence-corrected chi connectivity index (χ3v) is 4.58. The van der Waals surface area contributed by atoms with E-state index in [2.05, 4.69) is 34.6 Å². The smallest absolute Gasteiger partial charge is 0.241 e. The van der Waals surface area contributed by atoms with Gasteiger partial charge in [-0.3, -0.25) is 4.79 Å². The molecule has 0 radical (unpaired) electrons. The van der Waals surface area contributed by atoms with Gasteiger partial charge in [-0.25, -0.2) is 4.99 Å². The van der Waals surface area contributed by atoms with Crippen LogP contribution in [0.1, 0.15) is 49.6 Å². The molecular weight excluding hydrogens is 354 g/mol. The van der Waals surface area contributed by atoms with Crippen molar-refractivity contribution in [1.29, 1.82) is 0 Å². The fourth-order valence-electron chi connectivity index (χ4n) is 2.73. The Morgan fingerprint density at radius 2 is 1.89 bits per heavy atom. The monoisotopic (exact) mass is 385 g/mol. The van der Waals surface area contributed by atoms with Crippen LogP contribution < -0.4 is 10.6 Å². The molecule has 2 rings (SSSR count). The van der Waals surface area contributed by atoms with Crippen molar-refractivity contribution in [1.82, 2.24) is 20.7 Å². The molecule has 2 N–H and O–H groups in total. The zero-order valence-corrected chi connectivity index (χ0v) is 17.2. The fraction of sp³-hybridized carbons (Fsp3) is 0.476. The minimum atomic E-state index is -0.0232. The van der Waals surface area contributed by atoms with E-state index in [1.165, 1.54) is 0 Å². The topological polar surface area (TPSA) is 82.8 Å². The maximum absolute atomic E-state index is 11.9. The standard InChI is InChI=1S/C21H31N5O2/c1-5-17(6-2)19-12-18(28-25-19)14-23-21(24-15-20(27)26(3)4)22-13-16-10-8-7-9-11-16/h7-12,17H,5-6,13-15H2,1-4H3,(H2,22,23,24). The number of likely N-dealkylation sites (N-methyl/N-ethyl adjacent to an activating group) is 1. The average Bonchev–Trinajstić information content (AvgIpc) is 3.17. The Labute approximate surface area is 167 Å². The zero-order valence-electron chi connectivity index (χ0n) is 17.2. The number of hydrogen-bond acceptors (Lipinski definition) is 4. The maximum atomic E-state index is 11.9. The molecule has 7 heteroatoms. The van der Waals surface area contributed by atoms with Gasteiger partial charge >= 0.3 is 0 Å². The quantitative estimate of drug-likeness (QED) is 0.512. The Hall–Kier alpha value is -2.83. The van der Waals surface area contributed by atoms with E-state index in [1.54, 1.807) is 19.0 Å². The third-order valence-electron chi connectivity index (χ3n) is 4.58. The van der Waals surface area contributed by atoms with Crippen molar-refractivity contribution in [3.63, 3.8) is 0 Å². The first-order valence-electron chi connectivity index (χ1n) is 9.75. The van der Waals surface area contributed by atoms with E-state index >= 15 is 0 Å². The molecule has 0 aliphatic heterocycles. The van der Waals surface area contributed by atoms with Crippen molar-refractivity contribution < 1.29 is 9.32 Å². The molecule has 0 aliphatic rings. The number of nitrogens with one attached hydrogen (secondary N) is 2. The predicted octanol–water partition coefficient (Wildman–Crippen LogP) is 2.90. The molecule has 0 bridgehead atoms. The lowest BCUT2D eigenvalue weighted by atomic mass is 9.99. The zero-order chi connectivity index (χ0) is 20.4. The number of amides is 1. The second-order valence-electron chi connectivity index (χ2n) is 6.88. The highest BCUT2D eigenvalue weighted by Crippen LogP contribution is 2.22. The van der Waals surface area contributed by atoms with Gasteiger partial charge < -0.3 is 20.1 Å². The second kappa shape index (κ2) is 11.1. The maximum Gasteiger partial charge on any atom is 0.241 e. The molecule has 0 unspecified atom stereocenters. The molecule has 0 aliphatic carbocycles. The second-order valence-corrected chi connectivity index (χ2v) is 6.88. The molecule has 0 fully saturated rings. The Bertz CT molecular complexity index is 751. The minimum absolute atomic E-state index is 0.0232. The Kier molecular flexibility index (Phi) is 8.52. The van der Waals surface area contributed by atoms with Gasteiger partial charge in [0.2, 0.25) is 5.91 Å². The highest BCUT2D eigenvalue weighted by molar-refractivity contribution is 5.86. The molecule has 1 amide bonds. The van der Waals surface area contributed by atoms with E-state index in [9.17, 15) is 4.79 Å². The third kappa shape index (κ3) is 6.72. The van der Waals surface area contributed by atoms with Crippen molar-refractivity contribution in [3.05, 3.63) is 53.4 Å². The summed E-state index contributed by atoms with van der Waals surface area (Å²) in [5.74, 6) is 1.69. The summed E-state index contributed by atoms with van der Waals surface area (Å²) in [7, 11) is 3.46. The number of guanidine groups is 1. The molecule has 0 saturated carbocycles. The summed E-state index contributed by atoms with van der Waals surface area (Å²) in [6.07, 6.45) is 2.07. The van der Waals surface area contributed by atoms with Gasteiger partial charge in [0.1, 0.15) is 0 Å². The number of carbonyl (C=O) groups excluding carboxylic acids is 1. The van der Waals surface area contributed by atoms with Crippen LogP contribution in [0.4, 0.5) is 0 Å². The van der Waals surface area contributed by atoms with E-state index in [1.807, 2.05) is 36.4 Å². The number of aliphatic imine (C=N–C) groups is 1. The number of rotatable bonds is 9. The lowest BCUT2D eigenvalue weighted by Crippen LogP contribution is -2.42. The molecule has 152 valence electrons. The highest BCUT2D eigenvalue weighted by Gasteiger charge is 2.13. The van der Waals surface area contributed by atoms with Gasteiger partial charge in [0.15, 0.2) is 11.7 Å². The lowest BCUT2D eigenvalue weighted by molar-refractivity contribution is -0.127. The van der Waals surface area contributed by atoms with Gasteiger partial charge in [0.25, 0.3) is 0 Å². The number of hydrogen-bond donors (Lipinski definition) is 2. The summed E-state index contributed by atoms with van der Waals surface area (Å²) in [6, 6.07) is 12.0. The van der Waals surface area contributed by atoms with Gasteiger partial charge in [-0.15, -0.1) is 0 Å². The molecule has 1 aromatic heterocycles. The first-order valence-corrected chi connectivity index (χ1v) is 9.75. The summed E-state index contributed by atoms with van der Waals surface area (Å²) < 4.78 is 5.46. The van der Waals surface area contributed by atoms with Gasteiger partial charge in [0.05, 0.1) is 25.3 Å². The number of carbonyl (C=O) groups is 1. The summed E-state index contributed by atoms with van der Waals surface area (Å²) >= 11 is 0. The Morgan fingerprint density at radius 1 is 1.18 bits per heavy atom. The highest BCUT2D eigenvalue weighted by atomic mass is 16.5. The van der Waals surface area contributed by atoms with Crippen LogP contribution in [-0.4, -0.2) is 42.6 Å². The van der Waals surface area contributed by atoms with Gasteiger partial charge in [0, 0.05) is 26.1 Å². The lowest BCUT2D eigenvalue weighted by Gasteiger charge is -2.14. The SMILES string of the molecule is CCC(CC)c1cc(CNC(=NCc2ccccc2)NCC(=O)N(C)C)on1. The minimum Gasteiger partial charge on any atom is -0.359 e. The normalized spacial score (nSPS) is 11.5. The van der Waals surface area contributed by atoms with E-state index in [0.29, 0.717) is 25.0 Å². The van der Waals surface area contributed by atoms with E-state index in [4.69, 9.17) is 4.52 Å². The van der Waals surface area contributed by atoms with E-state index < -0.39 is 0 Å². The average molecular weight is 386 g/mol. The molecular formula is C21H31N5O2. The van der Waals surface area contributed by atoms with Crippen LogP contribution in [0.25, 0.3) is 0 Å². The van der Waals surface area contributed by atoms with E-state index in [-0.39, 0.29) is 12.5 Å². The van der Waals surface area contributed by atoms with Crippen LogP contribution in [0.3, 0.4) is 0 Å². The largest absolute Gasteiger partial charge is 0.359 e. The Morgan fingerprint density at radius 3 is 2.54 bits per heavy atom. The van der Waals surface area contributed by atoms with Crippen LogP contribution in [0, 0.1) is 0 Å². The van der Waals surface area contributed by atoms with Gasteiger partial charge in [-0.1, -0.05) is 49.3 Å². The molecule has 0 atom stereocenters. The first kappa shape index (κ1) is 21.5. The number of aromatic nitrogens is 1. The van der Waals surface area contributed by atoms with Gasteiger partial charge in [-0.2, -0.15) is 0 Å². The molecule has 0 saturated heterocycles. The molecule has 0 spiro atoms. The van der Waals surface area contributed by atoms with E-state index in [0.717, 1.165) is 29.9 Å². The Balaban J connectivity index is 2.01. The number of nitrogens with zero attached hydrogens (tertiary/aromatic N) is 3. The molecule has 2 aromatic rings. The fourth-order valence-corrected chi connectivity index (χ4v) is 2.73. The van der Waals surface area contributed by atoms with Crippen molar-refractivity contribution in [3.8, 4) is 0 Å². The summed E-state index contributed by atoms with van der Waals surface area (Å²) in [4.78, 5) is 18.0. The van der Waals surface area contributed by atoms with Crippen molar-refractivity contribution in [2.24, 2.45) is 4.99 Å². The predicted molar refractivity (Wildman–Crippen MR) is 111 cm³/mol. The van der Waals surface area contributed by atoms with Crippen LogP contribution in [0.2, 0.25) is 0 Å². The first-order chi connectivity index (χ1) is 13.5. The van der Waals surface area contributed by atoms with Crippen molar-refractivity contribution in [2.75, 3.05) is 20.6 Å². The van der Waals surface area contributed by atoms with Crippen LogP contribution in [0.5, 0.6) is 0 Å². The van der Waals surface area contributed by atoms with Gasteiger partial charge in [-0.05, 0) is 18.4 Å². The van der Waals surface area contributed by atoms with Crippen LogP contribution in [-0.2, 0) is 17.9 Å². The summed E-state index contributed by atoms with van der Waals surface area (Å²) in [5.41, 5.74) is 2.08. The molecule has 28 heavy (non-hydrogen) atoms. The van der Waals surface area contributed by atoms with Crippen molar-refractivity contribution >= 4 is 11.9 Å². The number of benzene rings is 1. The molecule has 7 nitrogen and oxygen atoms in total. The van der Waals surface area contributed by atoms with Crippen molar-refractivity contribution in [2.45, 2.75) is 45.7 Å². The summed E-state index contributed by atoms with van der Waals surface area (Å²) in [5, 5.41) is 10.5. The molecule has 1 heterocycles.